The van der Waals surface area contributed by atoms with Gasteiger partial charge in [0.05, 0.1) is 5.56 Å². The molecule has 0 radical (unpaired) electrons. The molecule has 0 saturated carbocycles. The summed E-state index contributed by atoms with van der Waals surface area (Å²) in [5.74, 6) is 0.392. The van der Waals surface area contributed by atoms with Crippen molar-refractivity contribution >= 4 is 11.7 Å². The van der Waals surface area contributed by atoms with Gasteiger partial charge in [-0.15, -0.1) is 0 Å². The van der Waals surface area contributed by atoms with Crippen molar-refractivity contribution in [2.75, 3.05) is 18.4 Å². The number of alkyl halides is 3. The van der Waals surface area contributed by atoms with E-state index < -0.39 is 11.7 Å². The Morgan fingerprint density at radius 3 is 2.68 bits per heavy atom. The van der Waals surface area contributed by atoms with Crippen LogP contribution < -0.4 is 10.6 Å². The zero-order valence-corrected chi connectivity index (χ0v) is 12.0. The van der Waals surface area contributed by atoms with Crippen LogP contribution in [-0.4, -0.2) is 24.0 Å². The van der Waals surface area contributed by atoms with Gasteiger partial charge in [-0.05, 0) is 31.4 Å². The Morgan fingerprint density at radius 2 is 2.09 bits per heavy atom. The molecule has 0 aromatic carbocycles. The van der Waals surface area contributed by atoms with E-state index in [0.717, 1.165) is 31.5 Å². The number of allylic oxidation sites excluding steroid dienone is 2. The summed E-state index contributed by atoms with van der Waals surface area (Å²) in [5, 5.41) is 5.69. The molecule has 1 aliphatic carbocycles. The Balaban J connectivity index is 1.70. The summed E-state index contributed by atoms with van der Waals surface area (Å²) < 4.78 is 37.1. The van der Waals surface area contributed by atoms with Gasteiger partial charge in [0, 0.05) is 25.2 Å². The molecule has 0 aliphatic heterocycles. The van der Waals surface area contributed by atoms with Crippen LogP contribution in [0.25, 0.3) is 0 Å². The summed E-state index contributed by atoms with van der Waals surface area (Å²) in [6, 6.07) is 2.25. The second-order valence-corrected chi connectivity index (χ2v) is 5.13. The summed E-state index contributed by atoms with van der Waals surface area (Å²) in [6.07, 6.45) is 3.03. The molecule has 7 heteroatoms. The molecule has 0 saturated heterocycles. The van der Waals surface area contributed by atoms with Gasteiger partial charge >= 0.3 is 6.18 Å². The zero-order valence-electron chi connectivity index (χ0n) is 12.0. The van der Waals surface area contributed by atoms with Crippen molar-refractivity contribution in [3.63, 3.8) is 0 Å². The van der Waals surface area contributed by atoms with Crippen molar-refractivity contribution in [3.05, 3.63) is 36.0 Å². The Kier molecular flexibility index (Phi) is 5.41. The van der Waals surface area contributed by atoms with E-state index in [9.17, 15) is 18.0 Å². The van der Waals surface area contributed by atoms with Crippen LogP contribution in [-0.2, 0) is 11.0 Å². The number of amides is 1. The predicted molar refractivity (Wildman–Crippen MR) is 77.2 cm³/mol. The minimum Gasteiger partial charge on any atom is -0.368 e. The third-order valence-electron chi connectivity index (χ3n) is 3.46. The van der Waals surface area contributed by atoms with Crippen LogP contribution in [0, 0.1) is 5.92 Å². The fourth-order valence-electron chi connectivity index (χ4n) is 2.22. The number of halogens is 3. The number of anilines is 1. The molecule has 1 amide bonds. The highest BCUT2D eigenvalue weighted by atomic mass is 19.4. The number of pyridine rings is 1. The van der Waals surface area contributed by atoms with Crippen molar-refractivity contribution in [2.45, 2.75) is 25.4 Å². The average molecular weight is 313 g/mol. The van der Waals surface area contributed by atoms with Gasteiger partial charge < -0.3 is 10.6 Å². The summed E-state index contributed by atoms with van der Waals surface area (Å²) >= 11 is 0. The monoisotopic (exact) mass is 313 g/mol. The maximum absolute atomic E-state index is 12.4. The lowest BCUT2D eigenvalue weighted by atomic mass is 9.94. The number of hydrogen-bond acceptors (Lipinski definition) is 3. The van der Waals surface area contributed by atoms with Crippen LogP contribution in [0.3, 0.4) is 0 Å². The van der Waals surface area contributed by atoms with Gasteiger partial charge in [0.25, 0.3) is 0 Å². The first-order chi connectivity index (χ1) is 10.5. The number of rotatable bonds is 5. The Bertz CT molecular complexity index is 526. The highest BCUT2D eigenvalue weighted by Gasteiger charge is 2.30. The van der Waals surface area contributed by atoms with E-state index in [0.29, 0.717) is 18.9 Å². The van der Waals surface area contributed by atoms with E-state index in [4.69, 9.17) is 0 Å². The summed E-state index contributed by atoms with van der Waals surface area (Å²) in [4.78, 5) is 15.5. The van der Waals surface area contributed by atoms with Gasteiger partial charge in [-0.25, -0.2) is 4.98 Å². The highest BCUT2D eigenvalue weighted by Crippen LogP contribution is 2.28. The molecule has 2 rings (SSSR count). The van der Waals surface area contributed by atoms with Crippen LogP contribution in [0.1, 0.15) is 24.8 Å². The standard InChI is InChI=1S/C15H18F3N3O/c16-15(17,18)12-6-7-13(21-10-12)19-8-9-20-14(22)11-4-2-1-3-5-11/h1-2,6-7,10-11H,3-5,8-9H2,(H,19,21)(H,20,22). The maximum Gasteiger partial charge on any atom is 0.417 e. The number of nitrogens with zero attached hydrogens (tertiary/aromatic N) is 1. The van der Waals surface area contributed by atoms with E-state index in [2.05, 4.69) is 21.7 Å². The third kappa shape index (κ3) is 4.75. The average Bonchev–Trinajstić information content (AvgIpc) is 2.52. The molecule has 4 nitrogen and oxygen atoms in total. The van der Waals surface area contributed by atoms with Crippen molar-refractivity contribution in [1.29, 1.82) is 0 Å². The summed E-state index contributed by atoms with van der Waals surface area (Å²) in [5.41, 5.74) is -0.781. The van der Waals surface area contributed by atoms with Gasteiger partial charge in [-0.2, -0.15) is 13.2 Å². The molecule has 1 aromatic heterocycles. The van der Waals surface area contributed by atoms with E-state index in [1.54, 1.807) is 0 Å². The largest absolute Gasteiger partial charge is 0.417 e. The molecule has 1 aliphatic rings. The molecule has 1 unspecified atom stereocenters. The molecule has 0 bridgehead atoms. The molecule has 1 heterocycles. The molecule has 1 aromatic rings. The maximum atomic E-state index is 12.4. The van der Waals surface area contributed by atoms with Crippen molar-refractivity contribution in [1.82, 2.24) is 10.3 Å². The molecule has 120 valence electrons. The van der Waals surface area contributed by atoms with E-state index in [-0.39, 0.29) is 11.8 Å². The van der Waals surface area contributed by atoms with Gasteiger partial charge in [0.15, 0.2) is 0 Å². The van der Waals surface area contributed by atoms with E-state index in [1.165, 1.54) is 6.07 Å². The minimum atomic E-state index is -4.38. The van der Waals surface area contributed by atoms with Gasteiger partial charge in [-0.3, -0.25) is 4.79 Å². The Labute approximate surface area is 126 Å². The molecule has 2 N–H and O–H groups in total. The molecular weight excluding hydrogens is 295 g/mol. The van der Waals surface area contributed by atoms with Gasteiger partial charge in [0.2, 0.25) is 5.91 Å². The summed E-state index contributed by atoms with van der Waals surface area (Å²) in [7, 11) is 0. The minimum absolute atomic E-state index is 0.0199. The first-order valence-electron chi connectivity index (χ1n) is 7.16. The quantitative estimate of drug-likeness (QED) is 0.649. The van der Waals surface area contributed by atoms with Crippen LogP contribution in [0.15, 0.2) is 30.5 Å². The Morgan fingerprint density at radius 1 is 1.27 bits per heavy atom. The lowest BCUT2D eigenvalue weighted by Gasteiger charge is -2.17. The second-order valence-electron chi connectivity index (χ2n) is 5.13. The van der Waals surface area contributed by atoms with Crippen LogP contribution in [0.5, 0.6) is 0 Å². The zero-order chi connectivity index (χ0) is 16.0. The van der Waals surface area contributed by atoms with Crippen molar-refractivity contribution in [3.8, 4) is 0 Å². The fourth-order valence-corrected chi connectivity index (χ4v) is 2.22. The van der Waals surface area contributed by atoms with Crippen LogP contribution in [0.4, 0.5) is 19.0 Å². The number of hydrogen-bond donors (Lipinski definition) is 2. The van der Waals surface area contributed by atoms with Gasteiger partial charge in [0.1, 0.15) is 5.82 Å². The van der Waals surface area contributed by atoms with Crippen molar-refractivity contribution < 1.29 is 18.0 Å². The number of carbonyl (C=O) groups is 1. The first kappa shape index (κ1) is 16.3. The normalized spacial score (nSPS) is 18.0. The van der Waals surface area contributed by atoms with Gasteiger partial charge in [-0.1, -0.05) is 12.2 Å². The molecule has 0 spiro atoms. The number of carbonyl (C=O) groups excluding carboxylic acids is 1. The molecule has 22 heavy (non-hydrogen) atoms. The van der Waals surface area contributed by atoms with E-state index in [1.807, 2.05) is 6.08 Å². The highest BCUT2D eigenvalue weighted by molar-refractivity contribution is 5.79. The molecule has 0 fully saturated rings. The number of nitrogens with one attached hydrogen (secondary N) is 2. The van der Waals surface area contributed by atoms with Crippen LogP contribution in [0.2, 0.25) is 0 Å². The fraction of sp³-hybridized carbons (Fsp3) is 0.467. The lowest BCUT2D eigenvalue weighted by molar-refractivity contribution is -0.137. The topological polar surface area (TPSA) is 54.0 Å². The Hall–Kier alpha value is -2.05. The summed E-state index contributed by atoms with van der Waals surface area (Å²) in [6.45, 7) is 0.814. The van der Waals surface area contributed by atoms with E-state index >= 15 is 0 Å². The van der Waals surface area contributed by atoms with Crippen LogP contribution >= 0.6 is 0 Å². The van der Waals surface area contributed by atoms with Crippen molar-refractivity contribution in [2.24, 2.45) is 5.92 Å². The number of aromatic nitrogens is 1. The predicted octanol–water partition coefficient (Wildman–Crippen LogP) is 2.98. The first-order valence-corrected chi connectivity index (χ1v) is 7.16. The molecule has 1 atom stereocenters. The SMILES string of the molecule is O=C(NCCNc1ccc(C(F)(F)F)cn1)C1CC=CCC1. The third-order valence-corrected chi connectivity index (χ3v) is 3.46. The smallest absolute Gasteiger partial charge is 0.368 e. The molecular formula is C15H18F3N3O. The lowest BCUT2D eigenvalue weighted by Crippen LogP contribution is -2.34. The second kappa shape index (κ2) is 7.29.